The molecule has 0 spiro atoms. The predicted molar refractivity (Wildman–Crippen MR) is 167 cm³/mol. The van der Waals surface area contributed by atoms with Crippen LogP contribution >= 0.6 is 0 Å². The standard InChI is InChI=1S/C32H38N10O2/c1-2-23-16-36-42(39-23)26-15-25(28(43)29(26)44)41-19-35-27-30(37-32(38-31(27)41)40-14-13-22(33)18-40)34-17-24(20-9-5-3-6-10-20)21-11-7-4-8-12-21/h3-12,16,19,22,24-26,28-29,43-44H,2,13-15,17-18,33H2,1H3,(H,34,37,38)/t22-,25-,26+,28+,29-/m1/s1. The van der Waals surface area contributed by atoms with Crippen molar-refractivity contribution in [1.29, 1.82) is 0 Å². The summed E-state index contributed by atoms with van der Waals surface area (Å²) in [5.41, 5.74) is 10.7. The Labute approximate surface area is 255 Å². The topological polar surface area (TPSA) is 156 Å². The fraction of sp³-hybridized carbons (Fsp3) is 0.406. The lowest BCUT2D eigenvalue weighted by atomic mass is 9.91. The van der Waals surface area contributed by atoms with E-state index >= 15 is 0 Å². The number of anilines is 2. The molecule has 1 aliphatic carbocycles. The number of nitrogens with zero attached hydrogens (tertiary/aromatic N) is 8. The molecule has 2 fully saturated rings. The van der Waals surface area contributed by atoms with Gasteiger partial charge in [-0.25, -0.2) is 4.98 Å². The summed E-state index contributed by atoms with van der Waals surface area (Å²) < 4.78 is 1.87. The average molecular weight is 595 g/mol. The van der Waals surface area contributed by atoms with E-state index in [1.807, 2.05) is 23.6 Å². The number of aryl methyl sites for hydroxylation is 1. The predicted octanol–water partition coefficient (Wildman–Crippen LogP) is 2.67. The molecule has 1 saturated heterocycles. The number of imidazole rings is 1. The van der Waals surface area contributed by atoms with Gasteiger partial charge >= 0.3 is 0 Å². The molecular weight excluding hydrogens is 556 g/mol. The third-order valence-electron chi connectivity index (χ3n) is 8.99. The SMILES string of the molecule is CCc1cnn([C@H]2C[C@@H](n3cnc4c(NCC(c5ccccc5)c5ccccc5)nc(N5CC[C@@H](N)C5)nc43)[C@H](O)[C@@H]2O)n1. The Morgan fingerprint density at radius 3 is 2.32 bits per heavy atom. The van der Waals surface area contributed by atoms with Crippen molar-refractivity contribution < 1.29 is 10.2 Å². The number of nitrogens with one attached hydrogen (secondary N) is 1. The van der Waals surface area contributed by atoms with E-state index in [-0.39, 0.29) is 12.0 Å². The highest BCUT2D eigenvalue weighted by molar-refractivity contribution is 5.84. The highest BCUT2D eigenvalue weighted by atomic mass is 16.3. The first kappa shape index (κ1) is 28.4. The fourth-order valence-corrected chi connectivity index (χ4v) is 6.50. The minimum absolute atomic E-state index is 0.0540. The number of aromatic nitrogens is 7. The molecule has 0 amide bonds. The van der Waals surface area contributed by atoms with Gasteiger partial charge in [-0.2, -0.15) is 25.0 Å². The van der Waals surface area contributed by atoms with Crippen molar-refractivity contribution in [3.63, 3.8) is 0 Å². The maximum atomic E-state index is 11.2. The number of rotatable bonds is 9. The molecule has 2 aliphatic rings. The molecule has 0 unspecified atom stereocenters. The van der Waals surface area contributed by atoms with Gasteiger partial charge in [0.15, 0.2) is 17.0 Å². The molecule has 7 rings (SSSR count). The number of hydrogen-bond donors (Lipinski definition) is 4. The summed E-state index contributed by atoms with van der Waals surface area (Å²) in [5.74, 6) is 1.26. The molecule has 0 bridgehead atoms. The molecule has 5 atom stereocenters. The number of fused-ring (bicyclic) bond motifs is 1. The zero-order chi connectivity index (χ0) is 30.2. The van der Waals surface area contributed by atoms with Crippen LogP contribution in [0.2, 0.25) is 0 Å². The summed E-state index contributed by atoms with van der Waals surface area (Å²) in [7, 11) is 0. The second kappa shape index (κ2) is 11.9. The van der Waals surface area contributed by atoms with Crippen LogP contribution in [0.4, 0.5) is 11.8 Å². The van der Waals surface area contributed by atoms with Crippen LogP contribution < -0.4 is 16.0 Å². The van der Waals surface area contributed by atoms with Crippen molar-refractivity contribution in [2.75, 3.05) is 29.9 Å². The normalized spacial score (nSPS) is 23.7. The van der Waals surface area contributed by atoms with Gasteiger partial charge in [0.1, 0.15) is 18.2 Å². The molecule has 1 saturated carbocycles. The van der Waals surface area contributed by atoms with Crippen molar-refractivity contribution in [3.8, 4) is 0 Å². The lowest BCUT2D eigenvalue weighted by Gasteiger charge is -2.22. The molecule has 5 aromatic rings. The molecule has 44 heavy (non-hydrogen) atoms. The summed E-state index contributed by atoms with van der Waals surface area (Å²) in [4.78, 5) is 18.3. The average Bonchev–Trinajstić information content (AvgIpc) is 3.86. The van der Waals surface area contributed by atoms with Crippen LogP contribution in [0.15, 0.2) is 73.2 Å². The van der Waals surface area contributed by atoms with E-state index in [1.54, 1.807) is 12.5 Å². The van der Waals surface area contributed by atoms with E-state index in [0.29, 0.717) is 42.4 Å². The van der Waals surface area contributed by atoms with Gasteiger partial charge in [-0.1, -0.05) is 67.6 Å². The Bertz CT molecular complexity index is 1670. The first-order chi connectivity index (χ1) is 21.5. The molecule has 5 N–H and O–H groups in total. The first-order valence-corrected chi connectivity index (χ1v) is 15.4. The molecule has 12 heteroatoms. The van der Waals surface area contributed by atoms with E-state index in [4.69, 9.17) is 20.7 Å². The van der Waals surface area contributed by atoms with Crippen molar-refractivity contribution >= 4 is 22.9 Å². The third-order valence-corrected chi connectivity index (χ3v) is 8.99. The van der Waals surface area contributed by atoms with Crippen LogP contribution in [0, 0.1) is 0 Å². The second-order valence-electron chi connectivity index (χ2n) is 11.8. The maximum Gasteiger partial charge on any atom is 0.229 e. The van der Waals surface area contributed by atoms with Crippen LogP contribution in [-0.2, 0) is 6.42 Å². The smallest absolute Gasteiger partial charge is 0.229 e. The van der Waals surface area contributed by atoms with Gasteiger partial charge in [0.25, 0.3) is 0 Å². The Morgan fingerprint density at radius 2 is 1.68 bits per heavy atom. The van der Waals surface area contributed by atoms with Gasteiger partial charge < -0.3 is 30.7 Å². The number of hydrogen-bond acceptors (Lipinski definition) is 10. The largest absolute Gasteiger partial charge is 0.388 e. The molecule has 0 radical (unpaired) electrons. The second-order valence-corrected chi connectivity index (χ2v) is 11.8. The number of benzene rings is 2. The Morgan fingerprint density at radius 1 is 0.977 bits per heavy atom. The van der Waals surface area contributed by atoms with Gasteiger partial charge in [-0.05, 0) is 30.4 Å². The molecule has 4 heterocycles. The van der Waals surface area contributed by atoms with Crippen LogP contribution in [0.5, 0.6) is 0 Å². The highest BCUT2D eigenvalue weighted by Gasteiger charge is 2.45. The van der Waals surface area contributed by atoms with E-state index in [1.165, 1.54) is 15.9 Å². The summed E-state index contributed by atoms with van der Waals surface area (Å²) in [6, 6.07) is 19.9. The number of nitrogens with two attached hydrogens (primary N) is 1. The monoisotopic (exact) mass is 594 g/mol. The zero-order valence-corrected chi connectivity index (χ0v) is 24.7. The lowest BCUT2D eigenvalue weighted by molar-refractivity contribution is 0.00497. The maximum absolute atomic E-state index is 11.2. The highest BCUT2D eigenvalue weighted by Crippen LogP contribution is 2.40. The van der Waals surface area contributed by atoms with E-state index in [0.717, 1.165) is 25.1 Å². The number of aliphatic hydroxyl groups excluding tert-OH is 2. The van der Waals surface area contributed by atoms with Crippen LogP contribution in [0.3, 0.4) is 0 Å². The van der Waals surface area contributed by atoms with Crippen molar-refractivity contribution in [3.05, 3.63) is 90.0 Å². The molecular formula is C32H38N10O2. The van der Waals surface area contributed by atoms with Crippen LogP contribution in [0.25, 0.3) is 11.2 Å². The molecule has 3 aromatic heterocycles. The summed E-state index contributed by atoms with van der Waals surface area (Å²) >= 11 is 0. The molecule has 2 aromatic carbocycles. The van der Waals surface area contributed by atoms with Crippen molar-refractivity contribution in [1.82, 2.24) is 34.5 Å². The lowest BCUT2D eigenvalue weighted by Crippen LogP contribution is -2.31. The van der Waals surface area contributed by atoms with Gasteiger partial charge in [0.2, 0.25) is 5.95 Å². The van der Waals surface area contributed by atoms with E-state index in [2.05, 4.69) is 68.9 Å². The van der Waals surface area contributed by atoms with Crippen LogP contribution in [-0.4, -0.2) is 82.6 Å². The van der Waals surface area contributed by atoms with Crippen molar-refractivity contribution in [2.45, 2.75) is 62.4 Å². The van der Waals surface area contributed by atoms with Gasteiger partial charge in [-0.15, -0.1) is 0 Å². The summed E-state index contributed by atoms with van der Waals surface area (Å²) in [6.45, 7) is 4.01. The van der Waals surface area contributed by atoms with E-state index in [9.17, 15) is 10.2 Å². The Balaban J connectivity index is 1.25. The van der Waals surface area contributed by atoms with Gasteiger partial charge in [0.05, 0.1) is 24.3 Å². The minimum Gasteiger partial charge on any atom is -0.388 e. The molecule has 1 aliphatic heterocycles. The van der Waals surface area contributed by atoms with E-state index < -0.39 is 24.3 Å². The molecule has 12 nitrogen and oxygen atoms in total. The Kier molecular flexibility index (Phi) is 7.71. The first-order valence-electron chi connectivity index (χ1n) is 15.4. The zero-order valence-electron chi connectivity index (χ0n) is 24.7. The molecule has 228 valence electrons. The summed E-state index contributed by atoms with van der Waals surface area (Å²) in [5, 5.41) is 34.8. The fourth-order valence-electron chi connectivity index (χ4n) is 6.50. The Hall–Kier alpha value is -4.39. The van der Waals surface area contributed by atoms with Crippen molar-refractivity contribution in [2.24, 2.45) is 5.73 Å². The van der Waals surface area contributed by atoms with Crippen LogP contribution in [0.1, 0.15) is 54.6 Å². The van der Waals surface area contributed by atoms with Gasteiger partial charge in [0, 0.05) is 31.6 Å². The van der Waals surface area contributed by atoms with Gasteiger partial charge in [-0.3, -0.25) is 0 Å². The minimum atomic E-state index is -1.05. The quantitative estimate of drug-likeness (QED) is 0.200. The third kappa shape index (κ3) is 5.29. The summed E-state index contributed by atoms with van der Waals surface area (Å²) in [6.07, 6.45) is 3.33. The number of aliphatic hydroxyl groups is 2.